The first-order valence-electron chi connectivity index (χ1n) is 5.13. The third-order valence-electron chi connectivity index (χ3n) is 2.60. The molecule has 1 aliphatic rings. The van der Waals surface area contributed by atoms with Crippen LogP contribution in [0.4, 0.5) is 5.69 Å². The highest BCUT2D eigenvalue weighted by Gasteiger charge is 2.37. The van der Waals surface area contributed by atoms with E-state index in [1.165, 1.54) is 12.4 Å². The Balaban J connectivity index is 2.12. The van der Waals surface area contributed by atoms with E-state index in [9.17, 15) is 9.59 Å². The third kappa shape index (κ3) is 1.53. The lowest BCUT2D eigenvalue weighted by atomic mass is 10.2. The van der Waals surface area contributed by atoms with Gasteiger partial charge in [0.25, 0.3) is 11.8 Å². The van der Waals surface area contributed by atoms with Crippen molar-refractivity contribution in [2.75, 3.05) is 4.90 Å². The molecule has 0 aromatic carbocycles. The van der Waals surface area contributed by atoms with Crippen molar-refractivity contribution in [3.8, 4) is 0 Å². The third-order valence-corrected chi connectivity index (χ3v) is 3.03. The zero-order chi connectivity index (χ0) is 12.7. The van der Waals surface area contributed by atoms with Gasteiger partial charge in [0.1, 0.15) is 5.69 Å². The lowest BCUT2D eigenvalue weighted by Gasteiger charge is -2.12. The number of amides is 2. The number of hydrogen-bond donors (Lipinski definition) is 0. The highest BCUT2D eigenvalue weighted by Crippen LogP contribution is 2.27. The lowest BCUT2D eigenvalue weighted by Crippen LogP contribution is -2.29. The summed E-state index contributed by atoms with van der Waals surface area (Å²) < 4.78 is 0.699. The molecule has 88 valence electrons. The SMILES string of the molecule is O=C1c2cccnc2C(=O)N1c1cncc(Br)c1. The first kappa shape index (κ1) is 11.0. The fourth-order valence-corrected chi connectivity index (χ4v) is 2.18. The molecule has 0 radical (unpaired) electrons. The van der Waals surface area contributed by atoms with E-state index in [-0.39, 0.29) is 11.6 Å². The van der Waals surface area contributed by atoms with Crippen LogP contribution in [0.25, 0.3) is 0 Å². The van der Waals surface area contributed by atoms with Crippen LogP contribution in [0.1, 0.15) is 20.8 Å². The summed E-state index contributed by atoms with van der Waals surface area (Å²) >= 11 is 3.26. The van der Waals surface area contributed by atoms with Crippen LogP contribution >= 0.6 is 15.9 Å². The number of fused-ring (bicyclic) bond motifs is 1. The van der Waals surface area contributed by atoms with Crippen LogP contribution in [-0.2, 0) is 0 Å². The Morgan fingerprint density at radius 1 is 1.17 bits per heavy atom. The van der Waals surface area contributed by atoms with Crippen molar-refractivity contribution in [1.29, 1.82) is 0 Å². The number of rotatable bonds is 1. The van der Waals surface area contributed by atoms with E-state index in [4.69, 9.17) is 0 Å². The number of aromatic nitrogens is 2. The summed E-state index contributed by atoms with van der Waals surface area (Å²) in [5, 5.41) is 0. The van der Waals surface area contributed by atoms with Crippen molar-refractivity contribution in [2.45, 2.75) is 0 Å². The molecule has 3 heterocycles. The molecular weight excluding hydrogens is 298 g/mol. The molecule has 18 heavy (non-hydrogen) atoms. The van der Waals surface area contributed by atoms with Gasteiger partial charge in [0.15, 0.2) is 0 Å². The fraction of sp³-hybridized carbons (Fsp3) is 0. The predicted octanol–water partition coefficient (Wildman–Crippen LogP) is 2.04. The van der Waals surface area contributed by atoms with E-state index >= 15 is 0 Å². The van der Waals surface area contributed by atoms with Gasteiger partial charge in [-0.15, -0.1) is 0 Å². The van der Waals surface area contributed by atoms with Gasteiger partial charge in [0, 0.05) is 16.9 Å². The smallest absolute Gasteiger partial charge is 0.268 e. The molecule has 6 heteroatoms. The molecule has 0 spiro atoms. The molecule has 2 aromatic rings. The zero-order valence-electron chi connectivity index (χ0n) is 9.00. The largest absolute Gasteiger partial charge is 0.284 e. The Labute approximate surface area is 111 Å². The van der Waals surface area contributed by atoms with Crippen LogP contribution in [0.5, 0.6) is 0 Å². The van der Waals surface area contributed by atoms with Gasteiger partial charge >= 0.3 is 0 Å². The number of imide groups is 1. The normalized spacial score (nSPS) is 13.9. The monoisotopic (exact) mass is 303 g/mol. The Kier molecular flexibility index (Phi) is 2.45. The van der Waals surface area contributed by atoms with Crippen LogP contribution in [0.2, 0.25) is 0 Å². The molecule has 2 amide bonds. The highest BCUT2D eigenvalue weighted by atomic mass is 79.9. The Bertz CT molecular complexity index is 637. The summed E-state index contributed by atoms with van der Waals surface area (Å²) in [7, 11) is 0. The molecule has 2 aromatic heterocycles. The van der Waals surface area contributed by atoms with Crippen molar-refractivity contribution < 1.29 is 9.59 Å². The number of anilines is 1. The second-order valence-electron chi connectivity index (χ2n) is 3.71. The van der Waals surface area contributed by atoms with E-state index in [0.717, 1.165) is 4.90 Å². The van der Waals surface area contributed by atoms with Crippen LogP contribution in [-0.4, -0.2) is 21.8 Å². The Morgan fingerprint density at radius 2 is 2.00 bits per heavy atom. The average Bonchev–Trinajstić information content (AvgIpc) is 2.63. The fourth-order valence-electron chi connectivity index (χ4n) is 1.82. The summed E-state index contributed by atoms with van der Waals surface area (Å²) in [6.07, 6.45) is 4.54. The minimum absolute atomic E-state index is 0.183. The first-order valence-corrected chi connectivity index (χ1v) is 5.92. The van der Waals surface area contributed by atoms with Crippen molar-refractivity contribution in [3.63, 3.8) is 0 Å². The van der Waals surface area contributed by atoms with Crippen molar-refractivity contribution in [1.82, 2.24) is 9.97 Å². The van der Waals surface area contributed by atoms with Crippen LogP contribution in [0.15, 0.2) is 41.3 Å². The van der Waals surface area contributed by atoms with Crippen LogP contribution in [0.3, 0.4) is 0 Å². The Morgan fingerprint density at radius 3 is 2.72 bits per heavy atom. The number of carbonyl (C=O) groups is 2. The van der Waals surface area contributed by atoms with E-state index in [1.807, 2.05) is 0 Å². The number of halogens is 1. The van der Waals surface area contributed by atoms with Gasteiger partial charge in [0.2, 0.25) is 0 Å². The second kappa shape index (κ2) is 3.99. The number of hydrogen-bond acceptors (Lipinski definition) is 4. The summed E-state index contributed by atoms with van der Waals surface area (Å²) in [5.74, 6) is -0.793. The zero-order valence-corrected chi connectivity index (χ0v) is 10.6. The Hall–Kier alpha value is -2.08. The van der Waals surface area contributed by atoms with E-state index in [2.05, 4.69) is 25.9 Å². The lowest BCUT2D eigenvalue weighted by molar-refractivity contribution is 0.0924. The maximum atomic E-state index is 12.1. The van der Waals surface area contributed by atoms with Crippen molar-refractivity contribution >= 4 is 33.4 Å². The van der Waals surface area contributed by atoms with Gasteiger partial charge in [0.05, 0.1) is 17.4 Å². The van der Waals surface area contributed by atoms with Gasteiger partial charge in [-0.3, -0.25) is 19.6 Å². The van der Waals surface area contributed by atoms with Gasteiger partial charge < -0.3 is 0 Å². The van der Waals surface area contributed by atoms with Crippen LogP contribution in [0, 0.1) is 0 Å². The van der Waals surface area contributed by atoms with Gasteiger partial charge in [-0.2, -0.15) is 0 Å². The summed E-state index contributed by atoms with van der Waals surface area (Å²) in [6.45, 7) is 0. The minimum atomic E-state index is -0.421. The van der Waals surface area contributed by atoms with Crippen molar-refractivity contribution in [2.24, 2.45) is 0 Å². The van der Waals surface area contributed by atoms with E-state index in [1.54, 1.807) is 24.4 Å². The molecule has 0 fully saturated rings. The maximum Gasteiger partial charge on any atom is 0.284 e. The molecule has 0 N–H and O–H groups in total. The number of pyridine rings is 2. The summed E-state index contributed by atoms with van der Waals surface area (Å²) in [5.41, 5.74) is 0.933. The molecule has 0 saturated heterocycles. The minimum Gasteiger partial charge on any atom is -0.268 e. The van der Waals surface area contributed by atoms with Gasteiger partial charge in [-0.1, -0.05) is 0 Å². The second-order valence-corrected chi connectivity index (χ2v) is 4.62. The molecule has 0 atom stereocenters. The molecule has 0 bridgehead atoms. The highest BCUT2D eigenvalue weighted by molar-refractivity contribution is 9.10. The average molecular weight is 304 g/mol. The van der Waals surface area contributed by atoms with Crippen molar-refractivity contribution in [3.05, 3.63) is 52.5 Å². The summed E-state index contributed by atoms with van der Waals surface area (Å²) in [6, 6.07) is 4.88. The van der Waals surface area contributed by atoms with E-state index < -0.39 is 5.91 Å². The molecule has 0 saturated carbocycles. The molecule has 0 aliphatic carbocycles. The topological polar surface area (TPSA) is 63.2 Å². The standard InChI is InChI=1S/C12H6BrN3O2/c13-7-4-8(6-14-5-7)16-11(17)9-2-1-3-15-10(9)12(16)18/h1-6H. The molecule has 0 unspecified atom stereocenters. The molecule has 1 aliphatic heterocycles. The van der Waals surface area contributed by atoms with Gasteiger partial charge in [-0.25, -0.2) is 4.90 Å². The number of carbonyl (C=O) groups excluding carboxylic acids is 2. The van der Waals surface area contributed by atoms with E-state index in [0.29, 0.717) is 15.7 Å². The molecule has 3 rings (SSSR count). The summed E-state index contributed by atoms with van der Waals surface area (Å²) in [4.78, 5) is 33.2. The molecule has 5 nitrogen and oxygen atoms in total. The molecular formula is C12H6BrN3O2. The number of nitrogens with zero attached hydrogens (tertiary/aromatic N) is 3. The van der Waals surface area contributed by atoms with Crippen LogP contribution < -0.4 is 4.90 Å². The van der Waals surface area contributed by atoms with Gasteiger partial charge in [-0.05, 0) is 34.1 Å². The predicted molar refractivity (Wildman–Crippen MR) is 67.3 cm³/mol. The maximum absolute atomic E-state index is 12.1. The quantitative estimate of drug-likeness (QED) is 0.756. The first-order chi connectivity index (χ1) is 8.68.